The van der Waals surface area contributed by atoms with E-state index in [1.165, 1.54) is 26.1 Å². The van der Waals surface area contributed by atoms with Gasteiger partial charge in [0.25, 0.3) is 0 Å². The van der Waals surface area contributed by atoms with E-state index in [4.69, 9.17) is 0 Å². The summed E-state index contributed by atoms with van der Waals surface area (Å²) in [6, 6.07) is -3.27. The molecule has 176 valence electrons. The number of nitrogens with one attached hydrogen (secondary N) is 1. The van der Waals surface area contributed by atoms with E-state index in [-0.39, 0.29) is 24.8 Å². The smallest absolute Gasteiger partial charge is 0.463 e. The number of amides is 2. The largest absolute Gasteiger partial charge is 0.480 e. The van der Waals surface area contributed by atoms with Crippen molar-refractivity contribution in [2.24, 2.45) is 29.1 Å². The number of carbonyl (C=O) groups excluding carboxylic acids is 2. The molecule has 3 fully saturated rings. The summed E-state index contributed by atoms with van der Waals surface area (Å²) in [5.41, 5.74) is -1.31. The summed E-state index contributed by atoms with van der Waals surface area (Å²) >= 11 is 0. The zero-order valence-electron chi connectivity index (χ0n) is 17.0. The van der Waals surface area contributed by atoms with Gasteiger partial charge in [0.05, 0.1) is 0 Å². The van der Waals surface area contributed by atoms with Crippen LogP contribution >= 0.6 is 0 Å². The molecule has 0 aromatic rings. The van der Waals surface area contributed by atoms with Crippen LogP contribution in [0.3, 0.4) is 0 Å². The second-order valence-electron chi connectivity index (χ2n) is 9.77. The molecule has 0 spiro atoms. The Labute approximate surface area is 174 Å². The highest BCUT2D eigenvalue weighted by Crippen LogP contribution is 2.58. The van der Waals surface area contributed by atoms with Crippen molar-refractivity contribution in [2.75, 3.05) is 6.54 Å². The maximum Gasteiger partial charge on any atom is 0.463 e. The van der Waals surface area contributed by atoms with E-state index in [0.717, 1.165) is 4.90 Å². The fraction of sp³-hybridized carbons (Fsp3) is 0.842. The normalized spacial score (nSPS) is 33.9. The molecule has 2 saturated carbocycles. The van der Waals surface area contributed by atoms with Crippen molar-refractivity contribution in [1.82, 2.24) is 10.2 Å². The molecule has 0 unspecified atom stereocenters. The number of alkyl halides is 6. The number of likely N-dealkylation sites (tertiary alicyclic amines) is 1. The minimum Gasteiger partial charge on any atom is -0.480 e. The molecule has 0 aromatic carbocycles. The third kappa shape index (κ3) is 3.75. The standard InChI is InChI=1S/C19H24F6N2O4/c1-17(2,3)13(26-16(31)18(21,22)19(23,24)25)14(28)27-6-9-7-4-8(10(20)5-7)11(9)12(27)15(29)30/h7-13H,4-6H2,1-3H3,(H,26,31)(H,29,30)/t7-,8+,9+,10+,11-,12-,13+/m0/s1. The van der Waals surface area contributed by atoms with Crippen LogP contribution in [0.2, 0.25) is 0 Å². The first-order valence-corrected chi connectivity index (χ1v) is 9.91. The van der Waals surface area contributed by atoms with Crippen LogP contribution in [-0.2, 0) is 14.4 Å². The van der Waals surface area contributed by atoms with Crippen molar-refractivity contribution < 1.29 is 45.8 Å². The molecule has 2 N–H and O–H groups in total. The summed E-state index contributed by atoms with van der Waals surface area (Å²) in [6.45, 7) is 3.95. The second-order valence-corrected chi connectivity index (χ2v) is 9.77. The zero-order valence-corrected chi connectivity index (χ0v) is 17.0. The molecule has 0 radical (unpaired) electrons. The molecule has 31 heavy (non-hydrogen) atoms. The average molecular weight is 458 g/mol. The molecule has 12 heteroatoms. The fourth-order valence-electron chi connectivity index (χ4n) is 5.41. The van der Waals surface area contributed by atoms with Gasteiger partial charge in [-0.2, -0.15) is 22.0 Å². The molecule has 3 rings (SSSR count). The van der Waals surface area contributed by atoms with Gasteiger partial charge in [0.15, 0.2) is 0 Å². The Balaban J connectivity index is 1.89. The van der Waals surface area contributed by atoms with Gasteiger partial charge < -0.3 is 15.3 Å². The van der Waals surface area contributed by atoms with Crippen molar-refractivity contribution in [3.63, 3.8) is 0 Å². The maximum absolute atomic E-state index is 14.2. The molecule has 1 aliphatic heterocycles. The van der Waals surface area contributed by atoms with E-state index >= 15 is 0 Å². The Kier molecular flexibility index (Phi) is 5.54. The third-order valence-corrected chi connectivity index (χ3v) is 6.84. The number of rotatable bonds is 4. The summed E-state index contributed by atoms with van der Waals surface area (Å²) in [4.78, 5) is 37.8. The van der Waals surface area contributed by atoms with E-state index < -0.39 is 65.4 Å². The summed E-state index contributed by atoms with van der Waals surface area (Å²) in [7, 11) is 0. The summed E-state index contributed by atoms with van der Waals surface area (Å²) in [6.07, 6.45) is -6.62. The van der Waals surface area contributed by atoms with Gasteiger partial charge in [-0.1, -0.05) is 20.8 Å². The number of hydrogen-bond acceptors (Lipinski definition) is 3. The average Bonchev–Trinajstić information content (AvgIpc) is 3.25. The number of carboxylic acid groups (broad SMARTS) is 1. The zero-order chi connectivity index (χ0) is 23.7. The van der Waals surface area contributed by atoms with E-state index in [0.29, 0.717) is 6.42 Å². The quantitative estimate of drug-likeness (QED) is 0.635. The fourth-order valence-corrected chi connectivity index (χ4v) is 5.41. The molecule has 1 saturated heterocycles. The summed E-state index contributed by atoms with van der Waals surface area (Å²) in [5.74, 6) is -12.5. The Morgan fingerprint density at radius 2 is 1.61 bits per heavy atom. The minimum atomic E-state index is -6.16. The van der Waals surface area contributed by atoms with Gasteiger partial charge in [-0.25, -0.2) is 9.18 Å². The Hall–Kier alpha value is -2.01. The molecule has 6 nitrogen and oxygen atoms in total. The predicted octanol–water partition coefficient (Wildman–Crippen LogP) is 2.62. The van der Waals surface area contributed by atoms with Gasteiger partial charge in [-0.3, -0.25) is 9.59 Å². The highest BCUT2D eigenvalue weighted by atomic mass is 19.4. The topological polar surface area (TPSA) is 86.7 Å². The monoisotopic (exact) mass is 458 g/mol. The minimum absolute atomic E-state index is 0.0769. The van der Waals surface area contributed by atoms with E-state index in [2.05, 4.69) is 0 Å². The van der Waals surface area contributed by atoms with Gasteiger partial charge in [0.2, 0.25) is 5.91 Å². The number of carbonyl (C=O) groups is 3. The molecule has 2 amide bonds. The molecule has 1 heterocycles. The number of nitrogens with zero attached hydrogens (tertiary/aromatic N) is 1. The van der Waals surface area contributed by atoms with Gasteiger partial charge >= 0.3 is 24.0 Å². The lowest BCUT2D eigenvalue weighted by molar-refractivity contribution is -0.270. The van der Waals surface area contributed by atoms with Gasteiger partial charge in [0.1, 0.15) is 18.3 Å². The van der Waals surface area contributed by atoms with E-state index in [1.807, 2.05) is 0 Å². The highest BCUT2D eigenvalue weighted by Gasteiger charge is 2.65. The first-order chi connectivity index (χ1) is 14.0. The van der Waals surface area contributed by atoms with Crippen LogP contribution < -0.4 is 5.32 Å². The number of fused-ring (bicyclic) bond motifs is 5. The molecule has 2 aliphatic carbocycles. The maximum atomic E-state index is 14.2. The van der Waals surface area contributed by atoms with Crippen molar-refractivity contribution in [1.29, 1.82) is 0 Å². The summed E-state index contributed by atoms with van der Waals surface area (Å²) in [5, 5.41) is 11.2. The first kappa shape index (κ1) is 23.6. The highest BCUT2D eigenvalue weighted by molar-refractivity contribution is 5.93. The van der Waals surface area contributed by atoms with Crippen LogP contribution in [0, 0.1) is 29.1 Å². The molecule has 0 aromatic heterocycles. The van der Waals surface area contributed by atoms with Gasteiger partial charge in [-0.15, -0.1) is 0 Å². The number of aliphatic carboxylic acids is 1. The first-order valence-electron chi connectivity index (χ1n) is 9.91. The lowest BCUT2D eigenvalue weighted by Gasteiger charge is -2.36. The summed E-state index contributed by atoms with van der Waals surface area (Å²) < 4.78 is 78.9. The van der Waals surface area contributed by atoms with Crippen LogP contribution in [0.25, 0.3) is 0 Å². The number of halogens is 6. The Bertz CT molecular complexity index is 780. The molecule has 7 atom stereocenters. The van der Waals surface area contributed by atoms with Crippen molar-refractivity contribution in [2.45, 2.75) is 64.0 Å². The van der Waals surface area contributed by atoms with Crippen molar-refractivity contribution in [3.05, 3.63) is 0 Å². The van der Waals surface area contributed by atoms with Crippen LogP contribution in [0.5, 0.6) is 0 Å². The van der Waals surface area contributed by atoms with Gasteiger partial charge in [-0.05, 0) is 36.0 Å². The SMILES string of the molecule is CC(C)(C)[C@H](NC(=O)C(F)(F)C(F)(F)F)C(=O)N1C[C@@H]2[C@H]3C[C@@H]([C@@H]2[C@H]1C(=O)O)[C@H](F)C3. The van der Waals surface area contributed by atoms with E-state index in [9.17, 15) is 45.8 Å². The lowest BCUT2D eigenvalue weighted by Crippen LogP contribution is -2.61. The van der Waals surface area contributed by atoms with Gasteiger partial charge in [0, 0.05) is 12.5 Å². The Morgan fingerprint density at radius 1 is 1.03 bits per heavy atom. The Morgan fingerprint density at radius 3 is 2.10 bits per heavy atom. The van der Waals surface area contributed by atoms with E-state index in [1.54, 1.807) is 0 Å². The van der Waals surface area contributed by atoms with Crippen molar-refractivity contribution in [3.8, 4) is 0 Å². The van der Waals surface area contributed by atoms with Crippen LogP contribution in [-0.4, -0.2) is 64.7 Å². The molecule has 3 aliphatic rings. The van der Waals surface area contributed by atoms with Crippen LogP contribution in [0.15, 0.2) is 0 Å². The molecular weight excluding hydrogens is 434 g/mol. The van der Waals surface area contributed by atoms with Crippen LogP contribution in [0.4, 0.5) is 26.3 Å². The van der Waals surface area contributed by atoms with Crippen molar-refractivity contribution >= 4 is 17.8 Å². The lowest BCUT2D eigenvalue weighted by atomic mass is 9.77. The third-order valence-electron chi connectivity index (χ3n) is 6.84. The molecular formula is C19H24F6N2O4. The number of carboxylic acids is 1. The number of hydrogen-bond donors (Lipinski definition) is 2. The van der Waals surface area contributed by atoms with Crippen LogP contribution in [0.1, 0.15) is 33.6 Å². The molecule has 2 bridgehead atoms. The predicted molar refractivity (Wildman–Crippen MR) is 93.6 cm³/mol. The second kappa shape index (κ2) is 7.26.